The van der Waals surface area contributed by atoms with E-state index in [0.717, 1.165) is 11.5 Å². The highest BCUT2D eigenvalue weighted by Crippen LogP contribution is 2.21. The summed E-state index contributed by atoms with van der Waals surface area (Å²) in [5.41, 5.74) is 7.22. The van der Waals surface area contributed by atoms with Crippen molar-refractivity contribution >= 4 is 39.9 Å². The number of hydrogen-bond acceptors (Lipinski definition) is 7. The fourth-order valence-electron chi connectivity index (χ4n) is 1.85. The average molecular weight is 333 g/mol. The molecule has 2 rings (SSSR count). The second-order valence-corrected chi connectivity index (χ2v) is 5.57. The van der Waals surface area contributed by atoms with Crippen molar-refractivity contribution in [1.82, 2.24) is 4.37 Å². The van der Waals surface area contributed by atoms with Crippen LogP contribution in [0.15, 0.2) is 24.3 Å². The van der Waals surface area contributed by atoms with Crippen LogP contribution >= 0.6 is 11.5 Å². The Kier molecular flexibility index (Phi) is 5.07. The summed E-state index contributed by atoms with van der Waals surface area (Å²) in [6.45, 7) is 2.61. The molecule has 0 aliphatic rings. The summed E-state index contributed by atoms with van der Waals surface area (Å²) in [6, 6.07) is 6.48. The Bertz CT molecular complexity index is 750. The summed E-state index contributed by atoms with van der Waals surface area (Å²) in [6.07, 6.45) is 0. The number of nitrogens with one attached hydrogen (secondary N) is 1. The van der Waals surface area contributed by atoms with Crippen LogP contribution < -0.4 is 11.1 Å². The van der Waals surface area contributed by atoms with Crippen LogP contribution in [-0.4, -0.2) is 28.6 Å². The second-order valence-electron chi connectivity index (χ2n) is 4.77. The van der Waals surface area contributed by atoms with E-state index in [1.54, 1.807) is 31.2 Å². The van der Waals surface area contributed by atoms with E-state index in [2.05, 4.69) is 9.69 Å². The monoisotopic (exact) mass is 333 g/mol. The molecule has 0 aliphatic carbocycles. The van der Waals surface area contributed by atoms with Gasteiger partial charge in [-0.15, -0.1) is 0 Å². The largest absolute Gasteiger partial charge is 0.452 e. The van der Waals surface area contributed by atoms with Crippen LogP contribution in [0.2, 0.25) is 0 Å². The zero-order chi connectivity index (χ0) is 17.0. The van der Waals surface area contributed by atoms with Gasteiger partial charge in [0.25, 0.3) is 5.91 Å². The molecule has 0 saturated carbocycles. The maximum atomic E-state index is 11.9. The van der Waals surface area contributed by atoms with E-state index in [4.69, 9.17) is 10.5 Å². The predicted molar refractivity (Wildman–Crippen MR) is 86.6 cm³/mol. The van der Waals surface area contributed by atoms with E-state index in [-0.39, 0.29) is 16.3 Å². The lowest BCUT2D eigenvalue weighted by Crippen LogP contribution is -2.21. The molecule has 1 aromatic carbocycles. The van der Waals surface area contributed by atoms with Crippen molar-refractivity contribution < 1.29 is 19.1 Å². The molecular formula is C15H15N3O4S. The number of nitrogens with two attached hydrogens (primary N) is 1. The number of Topliss-reactive ketones (excluding diaryl/α,β-unsaturated/α-hetero) is 1. The van der Waals surface area contributed by atoms with Gasteiger partial charge >= 0.3 is 5.97 Å². The number of carbonyl (C=O) groups is 3. The minimum absolute atomic E-state index is 0.108. The van der Waals surface area contributed by atoms with Crippen LogP contribution in [-0.2, 0) is 9.53 Å². The zero-order valence-electron chi connectivity index (χ0n) is 12.6. The fraction of sp³-hybridized carbons (Fsp3) is 0.200. The first-order valence-electron chi connectivity index (χ1n) is 6.68. The minimum atomic E-state index is -0.693. The van der Waals surface area contributed by atoms with E-state index in [1.807, 2.05) is 0 Å². The number of carbonyl (C=O) groups excluding carboxylic acids is 3. The van der Waals surface area contributed by atoms with Gasteiger partial charge in [0.05, 0.1) is 5.69 Å². The summed E-state index contributed by atoms with van der Waals surface area (Å²) >= 11 is 0.995. The Balaban J connectivity index is 1.94. The molecule has 0 saturated heterocycles. The normalized spacial score (nSPS) is 10.2. The van der Waals surface area contributed by atoms with Crippen molar-refractivity contribution in [2.45, 2.75) is 13.8 Å². The SMILES string of the molecule is CC(=O)c1cccc(NC(=O)COC(=O)c2c(C)nsc2N)c1. The molecule has 0 atom stereocenters. The highest BCUT2D eigenvalue weighted by atomic mass is 32.1. The van der Waals surface area contributed by atoms with Crippen molar-refractivity contribution in [3.05, 3.63) is 41.1 Å². The first-order valence-corrected chi connectivity index (χ1v) is 7.45. The summed E-state index contributed by atoms with van der Waals surface area (Å²) in [5.74, 6) is -1.32. The van der Waals surface area contributed by atoms with Gasteiger partial charge in [0.2, 0.25) is 0 Å². The Labute approximate surface area is 136 Å². The highest BCUT2D eigenvalue weighted by Gasteiger charge is 2.19. The lowest BCUT2D eigenvalue weighted by Gasteiger charge is -2.07. The number of esters is 1. The smallest absolute Gasteiger partial charge is 0.343 e. The number of amides is 1. The van der Waals surface area contributed by atoms with Crippen molar-refractivity contribution in [3.63, 3.8) is 0 Å². The number of ether oxygens (including phenoxy) is 1. The third kappa shape index (κ3) is 4.13. The maximum Gasteiger partial charge on any atom is 0.343 e. The number of aryl methyl sites for hydroxylation is 1. The molecule has 3 N–H and O–H groups in total. The first kappa shape index (κ1) is 16.6. The third-order valence-electron chi connectivity index (χ3n) is 2.98. The number of benzene rings is 1. The number of anilines is 2. The molecule has 0 bridgehead atoms. The van der Waals surface area contributed by atoms with Crippen LogP contribution in [0.1, 0.15) is 33.3 Å². The number of nitrogens with zero attached hydrogens (tertiary/aromatic N) is 1. The van der Waals surface area contributed by atoms with Crippen molar-refractivity contribution in [3.8, 4) is 0 Å². The van der Waals surface area contributed by atoms with Gasteiger partial charge in [0.1, 0.15) is 10.6 Å². The standard InChI is InChI=1S/C15H15N3O4S/c1-8-13(14(16)23-18-8)15(21)22-7-12(20)17-11-5-3-4-10(6-11)9(2)19/h3-6H,7,16H2,1-2H3,(H,17,20). The molecule has 8 heteroatoms. The Morgan fingerprint density at radius 1 is 1.35 bits per heavy atom. The predicted octanol–water partition coefficient (Wildman–Crippen LogP) is 2.03. The molecule has 120 valence electrons. The average Bonchev–Trinajstić information content (AvgIpc) is 2.84. The molecule has 23 heavy (non-hydrogen) atoms. The van der Waals surface area contributed by atoms with Gasteiger partial charge in [-0.25, -0.2) is 4.79 Å². The molecule has 1 aromatic heterocycles. The topological polar surface area (TPSA) is 111 Å². The molecule has 0 fully saturated rings. The number of hydrogen-bond donors (Lipinski definition) is 2. The Morgan fingerprint density at radius 3 is 2.70 bits per heavy atom. The van der Waals surface area contributed by atoms with Crippen LogP contribution in [0.3, 0.4) is 0 Å². The highest BCUT2D eigenvalue weighted by molar-refractivity contribution is 7.10. The van der Waals surface area contributed by atoms with Crippen molar-refractivity contribution in [2.75, 3.05) is 17.7 Å². The van der Waals surface area contributed by atoms with Crippen molar-refractivity contribution in [2.24, 2.45) is 0 Å². The van der Waals surface area contributed by atoms with Gasteiger partial charge in [-0.3, -0.25) is 9.59 Å². The van der Waals surface area contributed by atoms with Crippen LogP contribution in [0.4, 0.5) is 10.7 Å². The van der Waals surface area contributed by atoms with Crippen molar-refractivity contribution in [1.29, 1.82) is 0 Å². The maximum absolute atomic E-state index is 11.9. The quantitative estimate of drug-likeness (QED) is 0.640. The zero-order valence-corrected chi connectivity index (χ0v) is 13.4. The van der Waals surface area contributed by atoms with Gasteiger partial charge in [0.15, 0.2) is 12.4 Å². The Hall–Kier alpha value is -2.74. The molecule has 0 unspecified atom stereocenters. The first-order chi connectivity index (χ1) is 10.9. The van der Waals surface area contributed by atoms with Gasteiger partial charge in [-0.1, -0.05) is 12.1 Å². The number of rotatable bonds is 5. The second kappa shape index (κ2) is 7.01. The van der Waals surface area contributed by atoms with E-state index >= 15 is 0 Å². The molecule has 0 spiro atoms. The fourth-order valence-corrected chi connectivity index (χ4v) is 2.50. The minimum Gasteiger partial charge on any atom is -0.452 e. The number of nitrogen functional groups attached to an aromatic ring is 1. The third-order valence-corrected chi connectivity index (χ3v) is 3.75. The molecular weight excluding hydrogens is 318 g/mol. The lowest BCUT2D eigenvalue weighted by atomic mass is 10.1. The summed E-state index contributed by atoms with van der Waals surface area (Å²) in [4.78, 5) is 35.0. The van der Waals surface area contributed by atoms with Crippen LogP contribution in [0, 0.1) is 6.92 Å². The van der Waals surface area contributed by atoms with Crippen LogP contribution in [0.25, 0.3) is 0 Å². The summed E-state index contributed by atoms with van der Waals surface area (Å²) in [5, 5.41) is 2.81. The van der Waals surface area contributed by atoms with Gasteiger partial charge in [-0.2, -0.15) is 4.37 Å². The van der Waals surface area contributed by atoms with Gasteiger partial charge in [-0.05, 0) is 37.5 Å². The molecule has 1 amide bonds. The Morgan fingerprint density at radius 2 is 2.09 bits per heavy atom. The van der Waals surface area contributed by atoms with E-state index < -0.39 is 18.5 Å². The number of aromatic nitrogens is 1. The van der Waals surface area contributed by atoms with Gasteiger partial charge < -0.3 is 15.8 Å². The molecule has 7 nitrogen and oxygen atoms in total. The molecule has 0 aliphatic heterocycles. The van der Waals surface area contributed by atoms with Crippen LogP contribution in [0.5, 0.6) is 0 Å². The summed E-state index contributed by atoms with van der Waals surface area (Å²) < 4.78 is 8.87. The van der Waals surface area contributed by atoms with E-state index in [1.165, 1.54) is 6.92 Å². The number of ketones is 1. The summed E-state index contributed by atoms with van der Waals surface area (Å²) in [7, 11) is 0. The molecule has 1 heterocycles. The lowest BCUT2D eigenvalue weighted by molar-refractivity contribution is -0.119. The molecule has 0 radical (unpaired) electrons. The van der Waals surface area contributed by atoms with E-state index in [9.17, 15) is 14.4 Å². The molecule has 2 aromatic rings. The van der Waals surface area contributed by atoms with E-state index in [0.29, 0.717) is 16.9 Å². The van der Waals surface area contributed by atoms with Gasteiger partial charge in [0, 0.05) is 11.3 Å².